The van der Waals surface area contributed by atoms with E-state index in [9.17, 15) is 0 Å². The van der Waals surface area contributed by atoms with Crippen molar-refractivity contribution in [2.45, 2.75) is 82.2 Å². The van der Waals surface area contributed by atoms with Crippen molar-refractivity contribution in [3.05, 3.63) is 35.9 Å². The summed E-state index contributed by atoms with van der Waals surface area (Å²) >= 11 is 0. The van der Waals surface area contributed by atoms with Crippen molar-refractivity contribution in [3.8, 4) is 0 Å². The van der Waals surface area contributed by atoms with E-state index >= 15 is 0 Å². The van der Waals surface area contributed by atoms with Crippen LogP contribution in [0.4, 0.5) is 0 Å². The molecule has 29 heavy (non-hydrogen) atoms. The molecule has 0 aromatic heterocycles. The Labute approximate surface area is 193 Å². The van der Waals surface area contributed by atoms with Gasteiger partial charge in [0, 0.05) is 25.6 Å². The Kier molecular flexibility index (Phi) is 4.58. The van der Waals surface area contributed by atoms with Gasteiger partial charge in [-0.3, -0.25) is 0 Å². The van der Waals surface area contributed by atoms with Crippen LogP contribution in [0.5, 0.6) is 0 Å². The van der Waals surface area contributed by atoms with E-state index in [4.69, 9.17) is 0 Å². The van der Waals surface area contributed by atoms with E-state index < -0.39 is 0 Å². The molecule has 0 aliphatic heterocycles. The van der Waals surface area contributed by atoms with Crippen LogP contribution in [0.1, 0.15) is 82.6 Å². The number of rotatable bonds is 3. The molecule has 1 aromatic carbocycles. The van der Waals surface area contributed by atoms with E-state index in [0.717, 1.165) is 35.5 Å². The van der Waals surface area contributed by atoms with Gasteiger partial charge in [0.1, 0.15) is 0 Å². The summed E-state index contributed by atoms with van der Waals surface area (Å²) in [5, 5.41) is 0.327. The quantitative estimate of drug-likeness (QED) is 0.305. The number of benzene rings is 1. The maximum absolute atomic E-state index is 3.69. The van der Waals surface area contributed by atoms with Gasteiger partial charge >= 0.3 is 0 Å². The monoisotopic (exact) mass is 498 g/mol. The van der Waals surface area contributed by atoms with Crippen LogP contribution in [-0.4, -0.2) is 0 Å². The summed E-state index contributed by atoms with van der Waals surface area (Å²) in [4.78, 5) is 0. The van der Waals surface area contributed by atoms with Gasteiger partial charge in [-0.15, -0.1) is 9.24 Å². The zero-order chi connectivity index (χ0) is 18.6. The summed E-state index contributed by atoms with van der Waals surface area (Å²) in [5.74, 6) is 6.27. The first-order chi connectivity index (χ1) is 13.6. The third-order valence-corrected chi connectivity index (χ3v) is 12.5. The molecule has 0 amide bonds. The molecule has 8 bridgehead atoms. The molecule has 2 heteroatoms. The smallest absolute Gasteiger partial charge is 0.0210 e. The second kappa shape index (κ2) is 6.66. The van der Waals surface area contributed by atoms with Crippen molar-refractivity contribution in [1.82, 2.24) is 0 Å². The molecule has 0 spiro atoms. The summed E-state index contributed by atoms with van der Waals surface area (Å²) in [6, 6.07) is 12.0. The minimum atomic E-state index is 0. The third-order valence-electron chi connectivity index (χ3n) is 11.0. The first-order valence-electron chi connectivity index (χ1n) is 12.4. The fourth-order valence-electron chi connectivity index (χ4n) is 11.1. The van der Waals surface area contributed by atoms with E-state index in [2.05, 4.69) is 39.6 Å². The first kappa shape index (κ1) is 20.0. The van der Waals surface area contributed by atoms with Crippen molar-refractivity contribution in [2.24, 2.45) is 46.3 Å². The number of hydrogen-bond acceptors (Lipinski definition) is 0. The summed E-state index contributed by atoms with van der Waals surface area (Å²) in [5.41, 5.74) is 2.84. The Hall–Kier alpha value is 0.312. The summed E-state index contributed by atoms with van der Waals surface area (Å²) in [7, 11) is 3.69. The molecule has 8 aliphatic rings. The van der Waals surface area contributed by atoms with Gasteiger partial charge in [-0.25, -0.2) is 0 Å². The second-order valence-electron chi connectivity index (χ2n) is 12.6. The molecule has 1 atom stereocenters. The average Bonchev–Trinajstić information content (AvgIpc) is 2.66. The van der Waals surface area contributed by atoms with E-state index in [1.165, 1.54) is 0 Å². The van der Waals surface area contributed by atoms with E-state index in [1.807, 2.05) is 0 Å². The van der Waals surface area contributed by atoms with Crippen LogP contribution in [-0.2, 0) is 25.6 Å². The molecular formula is C27H37PPd. The fraction of sp³-hybridized carbons (Fsp3) is 0.778. The molecule has 0 nitrogen and oxygen atoms in total. The maximum atomic E-state index is 3.69. The standard InChI is InChI=1S/C27H37P.Pd/c28-27(24-4-2-1-3-5-24,25-12-18-6-19(13-25)8-20(7-18)14-25)26-15-21-9-22(16-26)11-23(10-21)17-26;/h1-5,18-23H,6-17,28H2;. The molecule has 8 fully saturated rings. The van der Waals surface area contributed by atoms with Gasteiger partial charge in [-0.2, -0.15) is 0 Å². The Balaban J connectivity index is 0.00000165. The van der Waals surface area contributed by atoms with Gasteiger partial charge in [0.2, 0.25) is 0 Å². The Morgan fingerprint density at radius 3 is 1.21 bits per heavy atom. The van der Waals surface area contributed by atoms with E-state index in [1.54, 1.807) is 82.6 Å². The number of hydrogen-bond donors (Lipinski definition) is 0. The minimum Gasteiger partial charge on any atom is -0.125 e. The van der Waals surface area contributed by atoms with Crippen LogP contribution in [0.3, 0.4) is 0 Å². The van der Waals surface area contributed by atoms with Gasteiger partial charge in [-0.05, 0) is 129 Å². The largest absolute Gasteiger partial charge is 0.125 e. The molecule has 8 saturated carbocycles. The van der Waals surface area contributed by atoms with Crippen LogP contribution in [0.15, 0.2) is 30.3 Å². The van der Waals surface area contributed by atoms with Crippen LogP contribution in [0, 0.1) is 46.3 Å². The molecular weight excluding hydrogens is 462 g/mol. The molecule has 8 aliphatic carbocycles. The normalized spacial score (nSPS) is 50.9. The van der Waals surface area contributed by atoms with Gasteiger partial charge in [0.25, 0.3) is 0 Å². The van der Waals surface area contributed by atoms with Crippen molar-refractivity contribution in [1.29, 1.82) is 0 Å². The molecule has 0 radical (unpaired) electrons. The minimum absolute atomic E-state index is 0. The molecule has 160 valence electrons. The molecule has 0 N–H and O–H groups in total. The molecule has 0 heterocycles. The van der Waals surface area contributed by atoms with Crippen LogP contribution < -0.4 is 0 Å². The van der Waals surface area contributed by atoms with E-state index in [0.29, 0.717) is 16.0 Å². The molecule has 1 unspecified atom stereocenters. The summed E-state index contributed by atoms with van der Waals surface area (Å²) in [6.45, 7) is 0. The third kappa shape index (κ3) is 2.63. The Morgan fingerprint density at radius 2 is 0.897 bits per heavy atom. The van der Waals surface area contributed by atoms with Gasteiger partial charge in [0.05, 0.1) is 0 Å². The maximum Gasteiger partial charge on any atom is 0.0210 e. The molecule has 1 aromatic rings. The zero-order valence-electron chi connectivity index (χ0n) is 17.7. The predicted molar refractivity (Wildman–Crippen MR) is 119 cm³/mol. The van der Waals surface area contributed by atoms with Crippen molar-refractivity contribution in [3.63, 3.8) is 0 Å². The van der Waals surface area contributed by atoms with Gasteiger partial charge < -0.3 is 0 Å². The Bertz CT molecular complexity index is 668. The Morgan fingerprint density at radius 1 is 0.586 bits per heavy atom. The molecule has 0 saturated heterocycles. The average molecular weight is 499 g/mol. The van der Waals surface area contributed by atoms with E-state index in [-0.39, 0.29) is 20.4 Å². The van der Waals surface area contributed by atoms with Gasteiger partial charge in [0.15, 0.2) is 0 Å². The van der Waals surface area contributed by atoms with Crippen molar-refractivity contribution < 1.29 is 20.4 Å². The van der Waals surface area contributed by atoms with Crippen molar-refractivity contribution in [2.75, 3.05) is 0 Å². The second-order valence-corrected chi connectivity index (χ2v) is 13.4. The van der Waals surface area contributed by atoms with Crippen LogP contribution in [0.25, 0.3) is 0 Å². The first-order valence-corrected chi connectivity index (χ1v) is 13.0. The predicted octanol–water partition coefficient (Wildman–Crippen LogP) is 7.19. The summed E-state index contributed by atoms with van der Waals surface area (Å²) in [6.07, 6.45) is 18.6. The van der Waals surface area contributed by atoms with Crippen molar-refractivity contribution >= 4 is 9.24 Å². The topological polar surface area (TPSA) is 0 Å². The summed E-state index contributed by atoms with van der Waals surface area (Å²) < 4.78 is 0. The fourth-order valence-corrected chi connectivity index (χ4v) is 12.0. The SMILES string of the molecule is PC(c1ccccc1)(C12CC3CC(CC(C3)C1)C2)C12CC3CC(CC(C3)C1)C2.[Pd]. The van der Waals surface area contributed by atoms with Gasteiger partial charge in [-0.1, -0.05) is 30.3 Å². The molecule has 9 rings (SSSR count). The van der Waals surface area contributed by atoms with Crippen LogP contribution >= 0.6 is 9.24 Å². The van der Waals surface area contributed by atoms with Crippen LogP contribution in [0.2, 0.25) is 0 Å². The zero-order valence-corrected chi connectivity index (χ0v) is 20.4.